The first-order valence-corrected chi connectivity index (χ1v) is 7.55. The van der Waals surface area contributed by atoms with Gasteiger partial charge in [-0.15, -0.1) is 0 Å². The first kappa shape index (κ1) is 14.8. The molecule has 1 atom stereocenters. The Kier molecular flexibility index (Phi) is 5.74. The lowest BCUT2D eigenvalue weighted by Gasteiger charge is -2.17. The number of hydrogen-bond donors (Lipinski definition) is 1. The fraction of sp³-hybridized carbons (Fsp3) is 0.786. The van der Waals surface area contributed by atoms with Crippen molar-refractivity contribution in [3.8, 4) is 0 Å². The lowest BCUT2D eigenvalue weighted by molar-refractivity contribution is -0.118. The minimum Gasteiger partial charge on any atom is -0.388 e. The number of carbonyl (C=O) groups excluding carboxylic acids is 1. The zero-order chi connectivity index (χ0) is 12.9. The number of unbranched alkanes of at least 4 members (excludes halogenated alkanes) is 1. The predicted molar refractivity (Wildman–Crippen MR) is 74.0 cm³/mol. The Morgan fingerprint density at radius 2 is 2.06 bits per heavy atom. The number of thioether (sulfide) groups is 1. The van der Waals surface area contributed by atoms with Crippen LogP contribution in [0.1, 0.15) is 46.5 Å². The lowest BCUT2D eigenvalue weighted by Crippen LogP contribution is -2.27. The zero-order valence-corrected chi connectivity index (χ0v) is 11.9. The van der Waals surface area contributed by atoms with E-state index in [1.54, 1.807) is 6.08 Å². The van der Waals surface area contributed by atoms with Crippen LogP contribution in [0.2, 0.25) is 0 Å². The largest absolute Gasteiger partial charge is 0.388 e. The molecule has 1 rings (SSSR count). The van der Waals surface area contributed by atoms with Crippen LogP contribution in [0.4, 0.5) is 0 Å². The molecule has 2 nitrogen and oxygen atoms in total. The number of rotatable bonds is 7. The molecule has 1 N–H and O–H groups in total. The summed E-state index contributed by atoms with van der Waals surface area (Å²) in [5, 5.41) is 10.3. The maximum absolute atomic E-state index is 12.1. The van der Waals surface area contributed by atoms with Crippen molar-refractivity contribution >= 4 is 16.9 Å². The average Bonchev–Trinajstić information content (AvgIpc) is 3.07. The van der Waals surface area contributed by atoms with Crippen LogP contribution in [0.5, 0.6) is 0 Å². The lowest BCUT2D eigenvalue weighted by atomic mass is 9.99. The van der Waals surface area contributed by atoms with Gasteiger partial charge in [0.25, 0.3) is 0 Å². The number of aliphatic hydroxyl groups excluding tert-OH is 1. The molecule has 1 saturated carbocycles. The molecule has 0 aromatic rings. The molecular weight excluding hydrogens is 232 g/mol. The topological polar surface area (TPSA) is 37.3 Å². The van der Waals surface area contributed by atoms with Crippen LogP contribution < -0.4 is 0 Å². The first-order valence-electron chi connectivity index (χ1n) is 6.56. The van der Waals surface area contributed by atoms with Crippen molar-refractivity contribution in [2.75, 3.05) is 5.75 Å². The monoisotopic (exact) mass is 256 g/mol. The number of carbonyl (C=O) groups is 1. The fourth-order valence-electron chi connectivity index (χ4n) is 1.72. The molecule has 0 saturated heterocycles. The molecule has 0 heterocycles. The summed E-state index contributed by atoms with van der Waals surface area (Å²) >= 11 is 1.40. The zero-order valence-electron chi connectivity index (χ0n) is 11.1. The third kappa shape index (κ3) is 4.14. The van der Waals surface area contributed by atoms with Crippen molar-refractivity contribution in [1.82, 2.24) is 0 Å². The number of hydrogen-bond acceptors (Lipinski definition) is 3. The summed E-state index contributed by atoms with van der Waals surface area (Å²) in [4.78, 5) is 12.1. The van der Waals surface area contributed by atoms with Gasteiger partial charge in [0.1, 0.15) is 0 Å². The molecule has 3 heteroatoms. The molecule has 0 aromatic carbocycles. The molecule has 0 spiro atoms. The van der Waals surface area contributed by atoms with Crippen LogP contribution in [-0.4, -0.2) is 22.1 Å². The average molecular weight is 256 g/mol. The van der Waals surface area contributed by atoms with Crippen molar-refractivity contribution in [3.05, 3.63) is 12.2 Å². The van der Waals surface area contributed by atoms with Crippen LogP contribution >= 0.6 is 11.8 Å². The molecule has 17 heavy (non-hydrogen) atoms. The van der Waals surface area contributed by atoms with Gasteiger partial charge in [0.2, 0.25) is 0 Å². The van der Waals surface area contributed by atoms with Crippen LogP contribution in [0.15, 0.2) is 12.2 Å². The van der Waals surface area contributed by atoms with Gasteiger partial charge < -0.3 is 5.11 Å². The van der Waals surface area contributed by atoms with Gasteiger partial charge in [-0.2, -0.15) is 0 Å². The molecule has 1 fully saturated rings. The summed E-state index contributed by atoms with van der Waals surface area (Å²) in [5.74, 6) is 1.31. The summed E-state index contributed by atoms with van der Waals surface area (Å²) in [7, 11) is 0. The predicted octanol–water partition coefficient (Wildman–Crippen LogP) is 3.40. The second-order valence-corrected chi connectivity index (χ2v) is 6.29. The normalized spacial score (nSPS) is 19.8. The quantitative estimate of drug-likeness (QED) is 0.560. The third-order valence-corrected chi connectivity index (χ3v) is 4.33. The Bertz CT molecular complexity index is 280. The van der Waals surface area contributed by atoms with Crippen LogP contribution in [-0.2, 0) is 4.79 Å². The van der Waals surface area contributed by atoms with Gasteiger partial charge in [0, 0.05) is 5.75 Å². The summed E-state index contributed by atoms with van der Waals surface area (Å²) in [6.07, 6.45) is 7.06. The summed E-state index contributed by atoms with van der Waals surface area (Å²) in [5.41, 5.74) is -0.455. The van der Waals surface area contributed by atoms with Gasteiger partial charge in [0.05, 0.1) is 11.5 Å². The van der Waals surface area contributed by atoms with E-state index in [4.69, 9.17) is 0 Å². The highest BCUT2D eigenvalue weighted by atomic mass is 32.2. The Morgan fingerprint density at radius 1 is 1.41 bits per heavy atom. The summed E-state index contributed by atoms with van der Waals surface area (Å²) < 4.78 is 0. The molecule has 0 unspecified atom stereocenters. The van der Waals surface area contributed by atoms with Crippen LogP contribution in [0.25, 0.3) is 0 Å². The molecule has 0 bridgehead atoms. The first-order chi connectivity index (χ1) is 8.03. The highest BCUT2D eigenvalue weighted by Gasteiger charge is 2.54. The molecule has 0 aliphatic heterocycles. The third-order valence-electron chi connectivity index (χ3n) is 3.17. The summed E-state index contributed by atoms with van der Waals surface area (Å²) in [6.45, 7) is 6.26. The second-order valence-electron chi connectivity index (χ2n) is 5.22. The second kappa shape index (κ2) is 6.60. The van der Waals surface area contributed by atoms with Gasteiger partial charge >= 0.3 is 0 Å². The van der Waals surface area contributed by atoms with Gasteiger partial charge in [-0.1, -0.05) is 51.1 Å². The van der Waals surface area contributed by atoms with Gasteiger partial charge in [-0.05, 0) is 25.2 Å². The summed E-state index contributed by atoms with van der Waals surface area (Å²) in [6, 6.07) is 0. The van der Waals surface area contributed by atoms with Crippen molar-refractivity contribution in [3.63, 3.8) is 0 Å². The van der Waals surface area contributed by atoms with E-state index in [-0.39, 0.29) is 5.12 Å². The maximum atomic E-state index is 12.1. The standard InChI is InChI=1S/C14H24O2S/c1-4-5-10-17-13(16)14(8-9-14)12(15)7-6-11(2)3/h6-7,11-12,15H,4-5,8-10H2,1-3H3/b7-6+/t12-/m1/s1. The van der Waals surface area contributed by atoms with E-state index in [0.717, 1.165) is 31.4 Å². The maximum Gasteiger partial charge on any atom is 0.198 e. The molecule has 0 amide bonds. The molecule has 1 aliphatic carbocycles. The van der Waals surface area contributed by atoms with E-state index in [1.807, 2.05) is 6.08 Å². The van der Waals surface area contributed by atoms with Crippen LogP contribution in [0, 0.1) is 11.3 Å². The molecule has 0 aromatic heterocycles. The van der Waals surface area contributed by atoms with E-state index in [1.165, 1.54) is 11.8 Å². The van der Waals surface area contributed by atoms with Crippen LogP contribution in [0.3, 0.4) is 0 Å². The van der Waals surface area contributed by atoms with E-state index >= 15 is 0 Å². The van der Waals surface area contributed by atoms with Crippen molar-refractivity contribution in [2.24, 2.45) is 11.3 Å². The van der Waals surface area contributed by atoms with Gasteiger partial charge in [0.15, 0.2) is 5.12 Å². The van der Waals surface area contributed by atoms with E-state index in [9.17, 15) is 9.90 Å². The van der Waals surface area contributed by atoms with E-state index < -0.39 is 11.5 Å². The SMILES string of the molecule is CCCCSC(=O)C1([C@H](O)/C=C/C(C)C)CC1. The number of allylic oxidation sites excluding steroid dienone is 1. The molecule has 98 valence electrons. The van der Waals surface area contributed by atoms with Gasteiger partial charge in [-0.3, -0.25) is 4.79 Å². The Hall–Kier alpha value is -0.280. The van der Waals surface area contributed by atoms with Crippen molar-refractivity contribution in [1.29, 1.82) is 0 Å². The molecule has 1 aliphatic rings. The highest BCUT2D eigenvalue weighted by molar-refractivity contribution is 8.13. The number of aliphatic hydroxyl groups is 1. The Balaban J connectivity index is 2.47. The minimum atomic E-state index is -0.591. The Labute approximate surface area is 109 Å². The van der Waals surface area contributed by atoms with E-state index in [2.05, 4.69) is 20.8 Å². The molecule has 0 radical (unpaired) electrons. The van der Waals surface area contributed by atoms with Crippen molar-refractivity contribution < 1.29 is 9.90 Å². The Morgan fingerprint density at radius 3 is 2.53 bits per heavy atom. The van der Waals surface area contributed by atoms with E-state index in [0.29, 0.717) is 5.92 Å². The smallest absolute Gasteiger partial charge is 0.198 e. The van der Waals surface area contributed by atoms with Gasteiger partial charge in [-0.25, -0.2) is 0 Å². The fourth-order valence-corrected chi connectivity index (χ4v) is 2.95. The van der Waals surface area contributed by atoms with Crippen molar-refractivity contribution in [2.45, 2.75) is 52.6 Å². The minimum absolute atomic E-state index is 0.187. The highest BCUT2D eigenvalue weighted by Crippen LogP contribution is 2.52. The molecular formula is C14H24O2S.